The Morgan fingerprint density at radius 2 is 2.53 bits per heavy atom. The van der Waals surface area contributed by atoms with E-state index in [0.717, 1.165) is 10.9 Å². The van der Waals surface area contributed by atoms with Crippen LogP contribution in [0.25, 0.3) is 0 Å². The monoisotopic (exact) mass is 286 g/mol. The van der Waals surface area contributed by atoms with Crippen LogP contribution in [0, 0.1) is 11.3 Å². The van der Waals surface area contributed by atoms with Gasteiger partial charge in [-0.25, -0.2) is 0 Å². The summed E-state index contributed by atoms with van der Waals surface area (Å²) in [5.41, 5.74) is 0. The predicted octanol–water partition coefficient (Wildman–Crippen LogP) is 2.93. The first-order chi connectivity index (χ1) is 7.17. The van der Waals surface area contributed by atoms with Crippen LogP contribution in [0.2, 0.25) is 0 Å². The lowest BCUT2D eigenvalue weighted by molar-refractivity contribution is 0.0940. The maximum Gasteiger partial charge on any atom is 0.261 e. The second kappa shape index (κ2) is 5.89. The SMILES string of the molecule is CCC(CC#N)NC(=O)c1cc(Br)cs1. The quantitative estimate of drug-likeness (QED) is 0.925. The second-order valence-electron chi connectivity index (χ2n) is 3.07. The van der Waals surface area contributed by atoms with E-state index in [2.05, 4.69) is 27.3 Å². The summed E-state index contributed by atoms with van der Waals surface area (Å²) < 4.78 is 0.908. The van der Waals surface area contributed by atoms with Crippen LogP contribution in [0.3, 0.4) is 0 Å². The summed E-state index contributed by atoms with van der Waals surface area (Å²) >= 11 is 4.68. The maximum atomic E-state index is 11.7. The third-order valence-corrected chi connectivity index (χ3v) is 3.65. The fourth-order valence-corrected chi connectivity index (χ4v) is 2.43. The number of nitrogens with zero attached hydrogens (tertiary/aromatic N) is 1. The number of nitriles is 1. The smallest absolute Gasteiger partial charge is 0.261 e. The molecular weight excluding hydrogens is 276 g/mol. The van der Waals surface area contributed by atoms with Crippen molar-refractivity contribution in [3.63, 3.8) is 0 Å². The molecule has 80 valence electrons. The fourth-order valence-electron chi connectivity index (χ4n) is 1.10. The molecule has 1 aromatic heterocycles. The van der Waals surface area contributed by atoms with Crippen LogP contribution in [-0.2, 0) is 0 Å². The Kier molecular flexibility index (Phi) is 4.79. The van der Waals surface area contributed by atoms with Gasteiger partial charge in [-0.15, -0.1) is 11.3 Å². The maximum absolute atomic E-state index is 11.7. The van der Waals surface area contributed by atoms with Gasteiger partial charge in [0.05, 0.1) is 17.4 Å². The largest absolute Gasteiger partial charge is 0.348 e. The number of nitrogens with one attached hydrogen (secondary N) is 1. The van der Waals surface area contributed by atoms with Crippen molar-refractivity contribution in [1.29, 1.82) is 5.26 Å². The molecule has 0 aromatic carbocycles. The minimum Gasteiger partial charge on any atom is -0.348 e. The Morgan fingerprint density at radius 3 is 3.00 bits per heavy atom. The van der Waals surface area contributed by atoms with Gasteiger partial charge in [0.2, 0.25) is 0 Å². The van der Waals surface area contributed by atoms with Crippen molar-refractivity contribution in [1.82, 2.24) is 5.32 Å². The number of thiophene rings is 1. The third kappa shape index (κ3) is 3.65. The zero-order chi connectivity index (χ0) is 11.3. The van der Waals surface area contributed by atoms with Gasteiger partial charge in [0, 0.05) is 15.9 Å². The minimum atomic E-state index is -0.104. The van der Waals surface area contributed by atoms with Crippen molar-refractivity contribution < 1.29 is 4.79 Å². The van der Waals surface area contributed by atoms with Crippen molar-refractivity contribution >= 4 is 33.2 Å². The third-order valence-electron chi connectivity index (χ3n) is 1.96. The highest BCUT2D eigenvalue weighted by molar-refractivity contribution is 9.10. The molecule has 1 atom stereocenters. The lowest BCUT2D eigenvalue weighted by Crippen LogP contribution is -2.33. The number of hydrogen-bond donors (Lipinski definition) is 1. The van der Waals surface area contributed by atoms with Crippen LogP contribution in [0.1, 0.15) is 29.4 Å². The molecule has 0 aliphatic rings. The van der Waals surface area contributed by atoms with Crippen LogP contribution in [0.5, 0.6) is 0 Å². The zero-order valence-corrected chi connectivity index (χ0v) is 10.7. The number of halogens is 1. The highest BCUT2D eigenvalue weighted by Gasteiger charge is 2.13. The van der Waals surface area contributed by atoms with Gasteiger partial charge in [0.15, 0.2) is 0 Å². The molecule has 0 saturated carbocycles. The molecule has 0 bridgehead atoms. The van der Waals surface area contributed by atoms with E-state index in [0.29, 0.717) is 11.3 Å². The van der Waals surface area contributed by atoms with E-state index < -0.39 is 0 Å². The Balaban J connectivity index is 2.59. The molecule has 0 saturated heterocycles. The molecule has 1 unspecified atom stereocenters. The summed E-state index contributed by atoms with van der Waals surface area (Å²) in [7, 11) is 0. The number of amides is 1. The van der Waals surface area contributed by atoms with E-state index in [1.165, 1.54) is 11.3 Å². The summed E-state index contributed by atoms with van der Waals surface area (Å²) in [6.07, 6.45) is 1.13. The van der Waals surface area contributed by atoms with E-state index in [4.69, 9.17) is 5.26 Å². The molecule has 0 fully saturated rings. The molecular formula is C10H11BrN2OS. The Morgan fingerprint density at radius 1 is 1.80 bits per heavy atom. The van der Waals surface area contributed by atoms with Gasteiger partial charge in [-0.2, -0.15) is 5.26 Å². The molecule has 1 heterocycles. The van der Waals surface area contributed by atoms with Crippen molar-refractivity contribution in [2.24, 2.45) is 0 Å². The lowest BCUT2D eigenvalue weighted by atomic mass is 10.1. The van der Waals surface area contributed by atoms with Gasteiger partial charge in [-0.3, -0.25) is 4.79 Å². The van der Waals surface area contributed by atoms with E-state index in [1.807, 2.05) is 12.3 Å². The van der Waals surface area contributed by atoms with Crippen molar-refractivity contribution in [2.75, 3.05) is 0 Å². The van der Waals surface area contributed by atoms with Crippen LogP contribution in [0.4, 0.5) is 0 Å². The van der Waals surface area contributed by atoms with E-state index in [-0.39, 0.29) is 11.9 Å². The van der Waals surface area contributed by atoms with Crippen LogP contribution >= 0.6 is 27.3 Å². The molecule has 1 aromatic rings. The van der Waals surface area contributed by atoms with Gasteiger partial charge in [0.1, 0.15) is 0 Å². The highest BCUT2D eigenvalue weighted by Crippen LogP contribution is 2.19. The Hall–Kier alpha value is -0.860. The minimum absolute atomic E-state index is 0.0524. The van der Waals surface area contributed by atoms with Crippen LogP contribution in [-0.4, -0.2) is 11.9 Å². The predicted molar refractivity (Wildman–Crippen MR) is 63.8 cm³/mol. The van der Waals surface area contributed by atoms with Gasteiger partial charge in [-0.05, 0) is 28.4 Å². The van der Waals surface area contributed by atoms with Gasteiger partial charge >= 0.3 is 0 Å². The van der Waals surface area contributed by atoms with Crippen LogP contribution in [0.15, 0.2) is 15.9 Å². The summed E-state index contributed by atoms with van der Waals surface area (Å²) in [5.74, 6) is -0.104. The molecule has 0 aliphatic heterocycles. The van der Waals surface area contributed by atoms with E-state index in [9.17, 15) is 4.79 Å². The first-order valence-corrected chi connectivity index (χ1v) is 6.26. The number of carbonyl (C=O) groups excluding carboxylic acids is 1. The summed E-state index contributed by atoms with van der Waals surface area (Å²) in [5, 5.41) is 13.2. The normalized spacial score (nSPS) is 11.8. The fraction of sp³-hybridized carbons (Fsp3) is 0.400. The summed E-state index contributed by atoms with van der Waals surface area (Å²) in [4.78, 5) is 12.3. The molecule has 5 heteroatoms. The van der Waals surface area contributed by atoms with E-state index >= 15 is 0 Å². The topological polar surface area (TPSA) is 52.9 Å². The average molecular weight is 287 g/mol. The number of rotatable bonds is 4. The molecule has 1 amide bonds. The Bertz CT molecular complexity index is 383. The van der Waals surface area contributed by atoms with E-state index in [1.54, 1.807) is 6.07 Å². The highest BCUT2D eigenvalue weighted by atomic mass is 79.9. The first-order valence-electron chi connectivity index (χ1n) is 4.59. The molecule has 1 N–H and O–H groups in total. The standard InChI is InChI=1S/C10H11BrN2OS/c1-2-8(3-4-12)13-10(14)9-5-7(11)6-15-9/h5-6,8H,2-3H2,1H3,(H,13,14). The van der Waals surface area contributed by atoms with Crippen molar-refractivity contribution in [3.8, 4) is 6.07 Å². The summed E-state index contributed by atoms with van der Waals surface area (Å²) in [6, 6.07) is 3.78. The molecule has 3 nitrogen and oxygen atoms in total. The summed E-state index contributed by atoms with van der Waals surface area (Å²) in [6.45, 7) is 1.95. The first kappa shape index (κ1) is 12.2. The number of hydrogen-bond acceptors (Lipinski definition) is 3. The number of carbonyl (C=O) groups is 1. The average Bonchev–Trinajstić information content (AvgIpc) is 2.64. The van der Waals surface area contributed by atoms with Gasteiger partial charge < -0.3 is 5.32 Å². The molecule has 15 heavy (non-hydrogen) atoms. The molecule has 0 radical (unpaired) electrons. The molecule has 0 spiro atoms. The van der Waals surface area contributed by atoms with Crippen molar-refractivity contribution in [2.45, 2.75) is 25.8 Å². The van der Waals surface area contributed by atoms with Crippen molar-refractivity contribution in [3.05, 3.63) is 20.8 Å². The zero-order valence-electron chi connectivity index (χ0n) is 8.29. The van der Waals surface area contributed by atoms with Crippen LogP contribution < -0.4 is 5.32 Å². The van der Waals surface area contributed by atoms with Gasteiger partial charge in [-0.1, -0.05) is 6.92 Å². The van der Waals surface area contributed by atoms with Gasteiger partial charge in [0.25, 0.3) is 5.91 Å². The Labute approximate surface area is 101 Å². The molecule has 1 rings (SSSR count). The second-order valence-corrected chi connectivity index (χ2v) is 4.90. The molecule has 0 aliphatic carbocycles. The lowest BCUT2D eigenvalue weighted by Gasteiger charge is -2.12.